The molecule has 0 saturated carbocycles. The van der Waals surface area contributed by atoms with Crippen LogP contribution in [0.5, 0.6) is 0 Å². The standard InChI is InChI=1S/C21H18ClFN2O3S2/c22-19-6-1-2-7-20(19)25-30(27,28)18-5-3-4-16(14-18)24-21(26)12-13-29-17-10-8-15(23)9-11-17/h1-11,14,25H,12-13H2,(H,24,26). The van der Waals surface area contributed by atoms with E-state index in [0.717, 1.165) is 4.90 Å². The van der Waals surface area contributed by atoms with Crippen molar-refractivity contribution in [3.63, 3.8) is 0 Å². The van der Waals surface area contributed by atoms with E-state index in [4.69, 9.17) is 11.6 Å². The average molecular weight is 465 g/mol. The van der Waals surface area contributed by atoms with E-state index in [0.29, 0.717) is 11.4 Å². The summed E-state index contributed by atoms with van der Waals surface area (Å²) in [5.41, 5.74) is 0.639. The monoisotopic (exact) mass is 464 g/mol. The van der Waals surface area contributed by atoms with Crippen LogP contribution >= 0.6 is 23.4 Å². The van der Waals surface area contributed by atoms with Gasteiger partial charge in [0.15, 0.2) is 0 Å². The van der Waals surface area contributed by atoms with Crippen molar-refractivity contribution in [2.45, 2.75) is 16.2 Å². The van der Waals surface area contributed by atoms with Crippen molar-refractivity contribution in [2.75, 3.05) is 15.8 Å². The highest BCUT2D eigenvalue weighted by Crippen LogP contribution is 2.25. The van der Waals surface area contributed by atoms with E-state index >= 15 is 0 Å². The zero-order valence-electron chi connectivity index (χ0n) is 15.6. The fourth-order valence-corrected chi connectivity index (χ4v) is 4.72. The van der Waals surface area contributed by atoms with E-state index in [2.05, 4.69) is 10.0 Å². The second kappa shape index (κ2) is 9.97. The number of sulfonamides is 1. The average Bonchev–Trinajstić information content (AvgIpc) is 2.71. The highest BCUT2D eigenvalue weighted by molar-refractivity contribution is 7.99. The molecule has 0 radical (unpaired) electrons. The molecular weight excluding hydrogens is 447 g/mol. The van der Waals surface area contributed by atoms with Gasteiger partial charge in [-0.3, -0.25) is 9.52 Å². The van der Waals surface area contributed by atoms with Crippen molar-refractivity contribution in [3.8, 4) is 0 Å². The number of halogens is 2. The molecule has 0 aromatic heterocycles. The van der Waals surface area contributed by atoms with Crippen LogP contribution in [0.2, 0.25) is 5.02 Å². The van der Waals surface area contributed by atoms with Crippen molar-refractivity contribution < 1.29 is 17.6 Å². The normalized spacial score (nSPS) is 11.1. The number of carbonyl (C=O) groups excluding carboxylic acids is 1. The number of nitrogens with one attached hydrogen (secondary N) is 2. The zero-order chi connectivity index (χ0) is 21.6. The number of thioether (sulfide) groups is 1. The molecule has 0 heterocycles. The summed E-state index contributed by atoms with van der Waals surface area (Å²) >= 11 is 7.45. The number of hydrogen-bond donors (Lipinski definition) is 2. The van der Waals surface area contributed by atoms with Crippen LogP contribution in [0.25, 0.3) is 0 Å². The van der Waals surface area contributed by atoms with Crippen molar-refractivity contribution in [2.24, 2.45) is 0 Å². The van der Waals surface area contributed by atoms with Crippen LogP contribution in [-0.2, 0) is 14.8 Å². The summed E-state index contributed by atoms with van der Waals surface area (Å²) in [5, 5.41) is 2.98. The van der Waals surface area contributed by atoms with E-state index < -0.39 is 10.0 Å². The predicted molar refractivity (Wildman–Crippen MR) is 119 cm³/mol. The quantitative estimate of drug-likeness (QED) is 0.437. The maximum Gasteiger partial charge on any atom is 0.262 e. The fraction of sp³-hybridized carbons (Fsp3) is 0.0952. The molecule has 0 aliphatic rings. The number of benzene rings is 3. The number of amides is 1. The van der Waals surface area contributed by atoms with Crippen LogP contribution in [0, 0.1) is 5.82 Å². The Hall–Kier alpha value is -2.55. The van der Waals surface area contributed by atoms with E-state index in [1.165, 1.54) is 36.0 Å². The van der Waals surface area contributed by atoms with E-state index in [9.17, 15) is 17.6 Å². The minimum absolute atomic E-state index is 0.000840. The van der Waals surface area contributed by atoms with Crippen LogP contribution in [0.1, 0.15) is 6.42 Å². The molecule has 0 unspecified atom stereocenters. The molecular formula is C21H18ClFN2O3S2. The number of anilines is 2. The molecule has 0 fully saturated rings. The van der Waals surface area contributed by atoms with Gasteiger partial charge >= 0.3 is 0 Å². The molecule has 3 rings (SSSR count). The first kappa shape index (κ1) is 22.1. The predicted octanol–water partition coefficient (Wildman–Crippen LogP) is 5.40. The van der Waals surface area contributed by atoms with Crippen LogP contribution < -0.4 is 10.0 Å². The second-order valence-electron chi connectivity index (χ2n) is 6.21. The van der Waals surface area contributed by atoms with Gasteiger partial charge in [-0.2, -0.15) is 0 Å². The molecule has 5 nitrogen and oxygen atoms in total. The summed E-state index contributed by atoms with van der Waals surface area (Å²) in [4.78, 5) is 13.1. The Balaban J connectivity index is 1.59. The van der Waals surface area contributed by atoms with E-state index in [1.54, 1.807) is 48.5 Å². The molecule has 30 heavy (non-hydrogen) atoms. The first-order chi connectivity index (χ1) is 14.3. The van der Waals surface area contributed by atoms with Crippen molar-refractivity contribution >= 4 is 50.7 Å². The summed E-state index contributed by atoms with van der Waals surface area (Å²) in [6.45, 7) is 0. The first-order valence-corrected chi connectivity index (χ1v) is 11.7. The highest BCUT2D eigenvalue weighted by atomic mass is 35.5. The minimum atomic E-state index is -3.87. The van der Waals surface area contributed by atoms with Crippen LogP contribution in [0.4, 0.5) is 15.8 Å². The van der Waals surface area contributed by atoms with Gasteiger partial charge in [0.2, 0.25) is 5.91 Å². The largest absolute Gasteiger partial charge is 0.326 e. The molecule has 2 N–H and O–H groups in total. The van der Waals surface area contributed by atoms with Crippen LogP contribution in [0.3, 0.4) is 0 Å². The molecule has 156 valence electrons. The van der Waals surface area contributed by atoms with Crippen LogP contribution in [-0.4, -0.2) is 20.1 Å². The highest BCUT2D eigenvalue weighted by Gasteiger charge is 2.16. The Bertz CT molecular complexity index is 1140. The molecule has 9 heteroatoms. The Kier molecular flexibility index (Phi) is 7.36. The lowest BCUT2D eigenvalue weighted by Crippen LogP contribution is -2.15. The maximum atomic E-state index is 12.9. The smallest absolute Gasteiger partial charge is 0.262 e. The third-order valence-corrected chi connectivity index (χ3v) is 6.66. The van der Waals surface area contributed by atoms with E-state index in [1.807, 2.05) is 0 Å². The van der Waals surface area contributed by atoms with Crippen molar-refractivity contribution in [3.05, 3.63) is 83.6 Å². The minimum Gasteiger partial charge on any atom is -0.326 e. The Morgan fingerprint density at radius 3 is 2.47 bits per heavy atom. The lowest BCUT2D eigenvalue weighted by Gasteiger charge is -2.11. The van der Waals surface area contributed by atoms with Gasteiger partial charge < -0.3 is 5.32 Å². The van der Waals surface area contributed by atoms with Crippen molar-refractivity contribution in [1.82, 2.24) is 0 Å². The van der Waals surface area contributed by atoms with Gasteiger partial charge in [0.05, 0.1) is 15.6 Å². The van der Waals surface area contributed by atoms with Gasteiger partial charge in [0, 0.05) is 22.8 Å². The molecule has 1 amide bonds. The lowest BCUT2D eigenvalue weighted by atomic mass is 10.3. The van der Waals surface area contributed by atoms with Gasteiger partial charge in [-0.1, -0.05) is 29.8 Å². The van der Waals surface area contributed by atoms with Gasteiger partial charge in [0.1, 0.15) is 5.82 Å². The number of hydrogen-bond acceptors (Lipinski definition) is 4. The van der Waals surface area contributed by atoms with E-state index in [-0.39, 0.29) is 33.8 Å². The summed E-state index contributed by atoms with van der Waals surface area (Å²) in [6, 6.07) is 18.5. The Morgan fingerprint density at radius 1 is 1.00 bits per heavy atom. The third-order valence-electron chi connectivity index (χ3n) is 3.96. The summed E-state index contributed by atoms with van der Waals surface area (Å²) < 4.78 is 40.6. The SMILES string of the molecule is O=C(CCSc1ccc(F)cc1)Nc1cccc(S(=O)(=O)Nc2ccccc2Cl)c1. The zero-order valence-corrected chi connectivity index (χ0v) is 18.0. The molecule has 0 saturated heterocycles. The maximum absolute atomic E-state index is 12.9. The molecule has 0 aliphatic heterocycles. The number of rotatable bonds is 8. The fourth-order valence-electron chi connectivity index (χ4n) is 2.50. The molecule has 0 aliphatic carbocycles. The number of para-hydroxylation sites is 1. The topological polar surface area (TPSA) is 75.3 Å². The summed E-state index contributed by atoms with van der Waals surface area (Å²) in [7, 11) is -3.87. The summed E-state index contributed by atoms with van der Waals surface area (Å²) in [6.07, 6.45) is 0.219. The van der Waals surface area contributed by atoms with Gasteiger partial charge in [-0.05, 0) is 54.6 Å². The second-order valence-corrected chi connectivity index (χ2v) is 9.47. The lowest BCUT2D eigenvalue weighted by molar-refractivity contribution is -0.115. The Labute approximate surface area is 183 Å². The van der Waals surface area contributed by atoms with Crippen LogP contribution in [0.15, 0.2) is 82.6 Å². The number of carbonyl (C=O) groups is 1. The molecule has 3 aromatic rings. The van der Waals surface area contributed by atoms with Gasteiger partial charge in [-0.15, -0.1) is 11.8 Å². The third kappa shape index (κ3) is 6.22. The van der Waals surface area contributed by atoms with Gasteiger partial charge in [-0.25, -0.2) is 12.8 Å². The van der Waals surface area contributed by atoms with Crippen molar-refractivity contribution in [1.29, 1.82) is 0 Å². The Morgan fingerprint density at radius 2 is 1.73 bits per heavy atom. The molecule has 0 bridgehead atoms. The van der Waals surface area contributed by atoms with Gasteiger partial charge in [0.25, 0.3) is 10.0 Å². The molecule has 3 aromatic carbocycles. The molecule has 0 spiro atoms. The summed E-state index contributed by atoms with van der Waals surface area (Å²) in [5.74, 6) is -0.0575. The molecule has 0 atom stereocenters. The first-order valence-electron chi connectivity index (χ1n) is 8.89.